The molecule has 22 heavy (non-hydrogen) atoms. The summed E-state index contributed by atoms with van der Waals surface area (Å²) in [5.41, 5.74) is 2.52. The molecule has 1 amide bonds. The molecule has 1 aromatic rings. The topological polar surface area (TPSA) is 66.5 Å². The van der Waals surface area contributed by atoms with Crippen molar-refractivity contribution < 1.29 is 13.2 Å². The molecule has 5 nitrogen and oxygen atoms in total. The van der Waals surface area contributed by atoms with Crippen molar-refractivity contribution in [3.05, 3.63) is 23.8 Å². The molecule has 0 spiro atoms. The maximum Gasteiger partial charge on any atom is 0.235 e. The summed E-state index contributed by atoms with van der Waals surface area (Å²) in [5, 5.41) is -0.493. The molecule has 0 saturated heterocycles. The molecule has 1 aliphatic carbocycles. The van der Waals surface area contributed by atoms with Crippen molar-refractivity contribution >= 4 is 27.3 Å². The highest BCUT2D eigenvalue weighted by Gasteiger charge is 2.35. The van der Waals surface area contributed by atoms with Crippen LogP contribution in [-0.2, 0) is 21.2 Å². The Balaban J connectivity index is 1.90. The van der Waals surface area contributed by atoms with Gasteiger partial charge in [0.15, 0.2) is 0 Å². The Morgan fingerprint density at radius 3 is 2.68 bits per heavy atom. The van der Waals surface area contributed by atoms with Crippen LogP contribution in [0.4, 0.5) is 11.4 Å². The fourth-order valence-corrected chi connectivity index (χ4v) is 3.39. The van der Waals surface area contributed by atoms with Gasteiger partial charge in [0.05, 0.1) is 10.9 Å². The van der Waals surface area contributed by atoms with Crippen LogP contribution in [0.3, 0.4) is 0 Å². The third kappa shape index (κ3) is 2.97. The first-order chi connectivity index (χ1) is 10.4. The summed E-state index contributed by atoms with van der Waals surface area (Å²) in [6, 6.07) is 5.51. The van der Waals surface area contributed by atoms with Gasteiger partial charge in [-0.3, -0.25) is 9.52 Å². The zero-order chi connectivity index (χ0) is 15.9. The van der Waals surface area contributed by atoms with Crippen molar-refractivity contribution in [3.8, 4) is 0 Å². The lowest BCUT2D eigenvalue weighted by atomic mass is 10.0. The van der Waals surface area contributed by atoms with E-state index in [4.69, 9.17) is 0 Å². The standard InChI is InChI=1S/C16H22N2O3S/c1-11(2)22(20,21)17-14-8-7-12-4-3-9-18(15(12)10-14)16(19)13-5-6-13/h7-8,10-11,13,17H,3-6,9H2,1-2H3. The molecular weight excluding hydrogens is 300 g/mol. The first kappa shape index (κ1) is 15.3. The lowest BCUT2D eigenvalue weighted by Crippen LogP contribution is -2.36. The van der Waals surface area contributed by atoms with Crippen molar-refractivity contribution in [1.82, 2.24) is 0 Å². The summed E-state index contributed by atoms with van der Waals surface area (Å²) in [6.45, 7) is 4.01. The van der Waals surface area contributed by atoms with E-state index in [0.29, 0.717) is 5.69 Å². The maximum atomic E-state index is 12.4. The number of carbonyl (C=O) groups excluding carboxylic acids is 1. The Morgan fingerprint density at radius 1 is 1.32 bits per heavy atom. The Kier molecular flexibility index (Phi) is 3.89. The van der Waals surface area contributed by atoms with Crippen LogP contribution in [0.5, 0.6) is 0 Å². The van der Waals surface area contributed by atoms with Crippen molar-refractivity contribution in [2.24, 2.45) is 5.92 Å². The predicted molar refractivity (Wildman–Crippen MR) is 87.5 cm³/mol. The molecule has 1 aliphatic heterocycles. The molecule has 1 fully saturated rings. The van der Waals surface area contributed by atoms with Crippen LogP contribution < -0.4 is 9.62 Å². The van der Waals surface area contributed by atoms with Crippen LogP contribution >= 0.6 is 0 Å². The molecule has 2 aliphatic rings. The molecule has 6 heteroatoms. The Labute approximate surface area is 131 Å². The number of anilines is 2. The van der Waals surface area contributed by atoms with Crippen LogP contribution in [-0.4, -0.2) is 26.1 Å². The molecular formula is C16H22N2O3S. The van der Waals surface area contributed by atoms with E-state index < -0.39 is 15.3 Å². The minimum Gasteiger partial charge on any atom is -0.312 e. The van der Waals surface area contributed by atoms with E-state index in [1.54, 1.807) is 26.0 Å². The van der Waals surface area contributed by atoms with Gasteiger partial charge in [-0.1, -0.05) is 6.07 Å². The molecule has 1 heterocycles. The Bertz CT molecular complexity index is 693. The average Bonchev–Trinajstić information content (AvgIpc) is 3.30. The summed E-state index contributed by atoms with van der Waals surface area (Å²) in [4.78, 5) is 14.3. The molecule has 1 N–H and O–H groups in total. The second-order valence-electron chi connectivity index (χ2n) is 6.41. The van der Waals surface area contributed by atoms with Gasteiger partial charge >= 0.3 is 0 Å². The van der Waals surface area contributed by atoms with Crippen LogP contribution in [0.25, 0.3) is 0 Å². The highest BCUT2D eigenvalue weighted by atomic mass is 32.2. The van der Waals surface area contributed by atoms with Gasteiger partial charge in [-0.15, -0.1) is 0 Å². The number of sulfonamides is 1. The Morgan fingerprint density at radius 2 is 2.05 bits per heavy atom. The monoisotopic (exact) mass is 322 g/mol. The zero-order valence-corrected chi connectivity index (χ0v) is 13.8. The largest absolute Gasteiger partial charge is 0.312 e. The van der Waals surface area contributed by atoms with Gasteiger partial charge in [0.25, 0.3) is 0 Å². The molecule has 3 rings (SSSR count). The van der Waals surface area contributed by atoms with Gasteiger partial charge in [-0.05, 0) is 57.2 Å². The van der Waals surface area contributed by atoms with Crippen molar-refractivity contribution in [2.45, 2.75) is 44.8 Å². The molecule has 0 radical (unpaired) electrons. The summed E-state index contributed by atoms with van der Waals surface area (Å²) in [6.07, 6.45) is 3.85. The number of aryl methyl sites for hydroxylation is 1. The quantitative estimate of drug-likeness (QED) is 0.926. The highest BCUT2D eigenvalue weighted by molar-refractivity contribution is 7.93. The van der Waals surface area contributed by atoms with E-state index in [-0.39, 0.29) is 11.8 Å². The fourth-order valence-electron chi connectivity index (χ4n) is 2.70. The number of fused-ring (bicyclic) bond motifs is 1. The van der Waals surface area contributed by atoms with Crippen molar-refractivity contribution in [2.75, 3.05) is 16.2 Å². The SMILES string of the molecule is CC(C)S(=O)(=O)Nc1ccc2c(c1)N(C(=O)C1CC1)CCC2. The van der Waals surface area contributed by atoms with Gasteiger partial charge in [-0.2, -0.15) is 0 Å². The molecule has 0 aromatic heterocycles. The molecule has 1 aromatic carbocycles. The number of amides is 1. The number of rotatable bonds is 4. The van der Waals surface area contributed by atoms with Gasteiger partial charge in [0.1, 0.15) is 0 Å². The molecule has 0 unspecified atom stereocenters. The number of nitrogens with zero attached hydrogens (tertiary/aromatic N) is 1. The summed E-state index contributed by atoms with van der Waals surface area (Å²) in [7, 11) is -3.37. The predicted octanol–water partition coefficient (Wildman–Crippen LogP) is 2.53. The van der Waals surface area contributed by atoms with Crippen LogP contribution in [0.15, 0.2) is 18.2 Å². The lowest BCUT2D eigenvalue weighted by molar-refractivity contribution is -0.119. The van der Waals surface area contributed by atoms with Gasteiger partial charge in [-0.25, -0.2) is 8.42 Å². The summed E-state index contributed by atoms with van der Waals surface area (Å²) < 4.78 is 26.6. The lowest BCUT2D eigenvalue weighted by Gasteiger charge is -2.30. The van der Waals surface area contributed by atoms with Gasteiger partial charge < -0.3 is 4.90 Å². The number of hydrogen-bond donors (Lipinski definition) is 1. The molecule has 0 atom stereocenters. The second-order valence-corrected chi connectivity index (χ2v) is 8.64. The van der Waals surface area contributed by atoms with Crippen LogP contribution in [0.1, 0.15) is 38.7 Å². The van der Waals surface area contributed by atoms with Crippen molar-refractivity contribution in [3.63, 3.8) is 0 Å². The first-order valence-electron chi connectivity index (χ1n) is 7.84. The normalized spacial score (nSPS) is 18.2. The minimum atomic E-state index is -3.37. The van der Waals surface area contributed by atoms with Gasteiger partial charge in [0.2, 0.25) is 15.9 Å². The smallest absolute Gasteiger partial charge is 0.235 e. The number of carbonyl (C=O) groups is 1. The van der Waals surface area contributed by atoms with Gasteiger partial charge in [0, 0.05) is 18.2 Å². The third-order valence-corrected chi connectivity index (χ3v) is 6.04. The average molecular weight is 322 g/mol. The van der Waals surface area contributed by atoms with E-state index in [9.17, 15) is 13.2 Å². The molecule has 0 bridgehead atoms. The number of nitrogens with one attached hydrogen (secondary N) is 1. The van der Waals surface area contributed by atoms with E-state index in [1.165, 1.54) is 0 Å². The van der Waals surface area contributed by atoms with E-state index in [1.807, 2.05) is 11.0 Å². The zero-order valence-electron chi connectivity index (χ0n) is 13.0. The minimum absolute atomic E-state index is 0.168. The molecule has 120 valence electrons. The highest BCUT2D eigenvalue weighted by Crippen LogP contribution is 2.37. The first-order valence-corrected chi connectivity index (χ1v) is 9.39. The summed E-state index contributed by atoms with van der Waals surface area (Å²) in [5.74, 6) is 0.353. The Hall–Kier alpha value is -1.56. The second kappa shape index (κ2) is 5.57. The number of hydrogen-bond acceptors (Lipinski definition) is 3. The fraction of sp³-hybridized carbons (Fsp3) is 0.562. The number of benzene rings is 1. The molecule has 1 saturated carbocycles. The van der Waals surface area contributed by atoms with E-state index in [0.717, 1.165) is 43.5 Å². The van der Waals surface area contributed by atoms with Crippen LogP contribution in [0.2, 0.25) is 0 Å². The van der Waals surface area contributed by atoms with E-state index >= 15 is 0 Å². The van der Waals surface area contributed by atoms with Crippen LogP contribution in [0, 0.1) is 5.92 Å². The summed E-state index contributed by atoms with van der Waals surface area (Å²) >= 11 is 0. The third-order valence-electron chi connectivity index (χ3n) is 4.28. The maximum absolute atomic E-state index is 12.4. The van der Waals surface area contributed by atoms with E-state index in [2.05, 4.69) is 4.72 Å². The van der Waals surface area contributed by atoms with Crippen molar-refractivity contribution in [1.29, 1.82) is 0 Å².